The Balaban J connectivity index is 4.26. The first-order valence-electron chi connectivity index (χ1n) is 6.30. The van der Waals surface area contributed by atoms with Crippen molar-refractivity contribution in [1.82, 2.24) is 0 Å². The molecule has 0 aliphatic carbocycles. The van der Waals surface area contributed by atoms with Gasteiger partial charge in [-0.25, -0.2) is 0 Å². The van der Waals surface area contributed by atoms with Crippen LogP contribution < -0.4 is 0 Å². The zero-order valence-electron chi connectivity index (χ0n) is 11.4. The van der Waals surface area contributed by atoms with Crippen molar-refractivity contribution in [2.45, 2.75) is 53.9 Å². The number of hydrogen-bond donors (Lipinski definition) is 0. The molecular formula is C14H26O2. The minimum atomic E-state index is -0.0885. The Morgan fingerprint density at radius 1 is 1.25 bits per heavy atom. The van der Waals surface area contributed by atoms with E-state index in [0.29, 0.717) is 24.9 Å². The molecule has 0 N–H and O–H groups in total. The van der Waals surface area contributed by atoms with Crippen LogP contribution in [0.3, 0.4) is 0 Å². The molecule has 0 aromatic rings. The van der Waals surface area contributed by atoms with E-state index in [2.05, 4.69) is 33.8 Å². The van der Waals surface area contributed by atoms with Crippen LogP contribution in [0.25, 0.3) is 0 Å². The van der Waals surface area contributed by atoms with E-state index in [4.69, 9.17) is 4.74 Å². The maximum atomic E-state index is 11.5. The maximum absolute atomic E-state index is 11.5. The third-order valence-corrected chi connectivity index (χ3v) is 2.08. The van der Waals surface area contributed by atoms with Crippen molar-refractivity contribution in [3.05, 3.63) is 11.6 Å². The van der Waals surface area contributed by atoms with Gasteiger partial charge in [0, 0.05) is 0 Å². The topological polar surface area (TPSA) is 26.3 Å². The molecule has 0 aliphatic rings. The van der Waals surface area contributed by atoms with Crippen molar-refractivity contribution < 1.29 is 9.53 Å². The molecule has 0 bridgehead atoms. The second kappa shape index (κ2) is 8.37. The van der Waals surface area contributed by atoms with Gasteiger partial charge in [0.2, 0.25) is 0 Å². The van der Waals surface area contributed by atoms with E-state index in [1.54, 1.807) is 0 Å². The quantitative estimate of drug-likeness (QED) is 0.485. The molecule has 0 atom stereocenters. The van der Waals surface area contributed by atoms with E-state index < -0.39 is 0 Å². The van der Waals surface area contributed by atoms with Crippen molar-refractivity contribution in [2.75, 3.05) is 6.61 Å². The first-order chi connectivity index (χ1) is 7.45. The molecular weight excluding hydrogens is 200 g/mol. The summed E-state index contributed by atoms with van der Waals surface area (Å²) < 4.78 is 5.11. The molecule has 0 aromatic carbocycles. The summed E-state index contributed by atoms with van der Waals surface area (Å²) in [6, 6.07) is 0. The number of ether oxygens (including phenoxy) is 1. The Morgan fingerprint density at radius 3 is 2.31 bits per heavy atom. The van der Waals surface area contributed by atoms with Crippen LogP contribution in [0.15, 0.2) is 11.6 Å². The molecule has 0 saturated carbocycles. The van der Waals surface area contributed by atoms with Crippen LogP contribution in [0.1, 0.15) is 53.9 Å². The van der Waals surface area contributed by atoms with Gasteiger partial charge >= 0.3 is 5.97 Å². The van der Waals surface area contributed by atoms with Gasteiger partial charge in [0.05, 0.1) is 13.0 Å². The zero-order chi connectivity index (χ0) is 12.6. The van der Waals surface area contributed by atoms with Gasteiger partial charge in [-0.1, -0.05) is 46.3 Å². The van der Waals surface area contributed by atoms with E-state index in [-0.39, 0.29) is 5.97 Å². The van der Waals surface area contributed by atoms with Crippen LogP contribution in [-0.4, -0.2) is 12.6 Å². The molecule has 0 rings (SSSR count). The van der Waals surface area contributed by atoms with Crippen LogP contribution >= 0.6 is 0 Å². The standard InChI is InChI=1S/C14H26O2/c1-6-7-16-14(15)10-13(8-11(2)3)9-12(4)5/h8,11-12H,6-7,9-10H2,1-5H3. The summed E-state index contributed by atoms with van der Waals surface area (Å²) in [6.07, 6.45) is 4.52. The predicted octanol–water partition coefficient (Wildman–Crippen LogP) is 3.96. The van der Waals surface area contributed by atoms with E-state index >= 15 is 0 Å². The fourth-order valence-corrected chi connectivity index (χ4v) is 1.65. The number of allylic oxidation sites excluding steroid dienone is 1. The number of carbonyl (C=O) groups excluding carboxylic acids is 1. The van der Waals surface area contributed by atoms with Gasteiger partial charge in [0.15, 0.2) is 0 Å². The molecule has 16 heavy (non-hydrogen) atoms. The third kappa shape index (κ3) is 8.51. The average molecular weight is 226 g/mol. The van der Waals surface area contributed by atoms with Crippen molar-refractivity contribution in [2.24, 2.45) is 11.8 Å². The highest BCUT2D eigenvalue weighted by Crippen LogP contribution is 2.17. The highest BCUT2D eigenvalue weighted by molar-refractivity contribution is 5.72. The number of carbonyl (C=O) groups is 1. The van der Waals surface area contributed by atoms with Gasteiger partial charge in [-0.3, -0.25) is 4.79 Å². The highest BCUT2D eigenvalue weighted by atomic mass is 16.5. The molecule has 2 nitrogen and oxygen atoms in total. The molecule has 0 saturated heterocycles. The molecule has 0 aliphatic heterocycles. The van der Waals surface area contributed by atoms with E-state index in [9.17, 15) is 4.79 Å². The summed E-state index contributed by atoms with van der Waals surface area (Å²) in [5.74, 6) is 0.992. The lowest BCUT2D eigenvalue weighted by Gasteiger charge is -2.11. The van der Waals surface area contributed by atoms with Gasteiger partial charge in [-0.2, -0.15) is 0 Å². The highest BCUT2D eigenvalue weighted by Gasteiger charge is 2.09. The Morgan fingerprint density at radius 2 is 1.88 bits per heavy atom. The number of hydrogen-bond acceptors (Lipinski definition) is 2. The Labute approximate surface area is 100 Å². The lowest BCUT2D eigenvalue weighted by Crippen LogP contribution is -2.08. The molecule has 0 fully saturated rings. The minimum absolute atomic E-state index is 0.0885. The zero-order valence-corrected chi connectivity index (χ0v) is 11.4. The van der Waals surface area contributed by atoms with Gasteiger partial charge in [-0.15, -0.1) is 0 Å². The first kappa shape index (κ1) is 15.2. The van der Waals surface area contributed by atoms with Gasteiger partial charge < -0.3 is 4.74 Å². The number of esters is 1. The predicted molar refractivity (Wildman–Crippen MR) is 68.2 cm³/mol. The smallest absolute Gasteiger partial charge is 0.309 e. The summed E-state index contributed by atoms with van der Waals surface area (Å²) in [7, 11) is 0. The lowest BCUT2D eigenvalue weighted by molar-refractivity contribution is -0.142. The minimum Gasteiger partial charge on any atom is -0.465 e. The Kier molecular flexibility index (Phi) is 7.96. The normalized spacial score (nSPS) is 12.3. The van der Waals surface area contributed by atoms with Crippen molar-refractivity contribution in [3.8, 4) is 0 Å². The summed E-state index contributed by atoms with van der Waals surface area (Å²) in [5.41, 5.74) is 1.21. The van der Waals surface area contributed by atoms with E-state index in [0.717, 1.165) is 12.8 Å². The fourth-order valence-electron chi connectivity index (χ4n) is 1.65. The fraction of sp³-hybridized carbons (Fsp3) is 0.786. The SMILES string of the molecule is CCCOC(=O)CC(=CC(C)C)CC(C)C. The second-order valence-corrected chi connectivity index (χ2v) is 5.06. The molecule has 0 unspecified atom stereocenters. The van der Waals surface area contributed by atoms with Crippen LogP contribution in [0.4, 0.5) is 0 Å². The molecule has 2 heteroatoms. The van der Waals surface area contributed by atoms with Gasteiger partial charge in [0.1, 0.15) is 0 Å². The van der Waals surface area contributed by atoms with E-state index in [1.807, 2.05) is 6.92 Å². The molecule has 0 radical (unpaired) electrons. The molecule has 0 heterocycles. The van der Waals surface area contributed by atoms with Crippen molar-refractivity contribution in [1.29, 1.82) is 0 Å². The summed E-state index contributed by atoms with van der Waals surface area (Å²) in [6.45, 7) is 11.2. The summed E-state index contributed by atoms with van der Waals surface area (Å²) >= 11 is 0. The Bertz CT molecular complexity index is 227. The monoisotopic (exact) mass is 226 g/mol. The van der Waals surface area contributed by atoms with Crippen LogP contribution in [0.2, 0.25) is 0 Å². The van der Waals surface area contributed by atoms with Gasteiger partial charge in [-0.05, 0) is 24.7 Å². The second-order valence-electron chi connectivity index (χ2n) is 5.06. The maximum Gasteiger partial charge on any atom is 0.309 e. The van der Waals surface area contributed by atoms with Crippen molar-refractivity contribution >= 4 is 5.97 Å². The lowest BCUT2D eigenvalue weighted by atomic mass is 9.97. The largest absolute Gasteiger partial charge is 0.465 e. The number of rotatable bonds is 7. The molecule has 94 valence electrons. The van der Waals surface area contributed by atoms with Crippen LogP contribution in [0, 0.1) is 11.8 Å². The third-order valence-electron chi connectivity index (χ3n) is 2.08. The Hall–Kier alpha value is -0.790. The summed E-state index contributed by atoms with van der Waals surface area (Å²) in [5, 5.41) is 0. The molecule has 0 aromatic heterocycles. The molecule has 0 spiro atoms. The van der Waals surface area contributed by atoms with Gasteiger partial charge in [0.25, 0.3) is 0 Å². The first-order valence-corrected chi connectivity index (χ1v) is 6.30. The van der Waals surface area contributed by atoms with Crippen LogP contribution in [0.5, 0.6) is 0 Å². The summed E-state index contributed by atoms with van der Waals surface area (Å²) in [4.78, 5) is 11.5. The molecule has 0 amide bonds. The average Bonchev–Trinajstić information content (AvgIpc) is 2.12. The van der Waals surface area contributed by atoms with Crippen molar-refractivity contribution in [3.63, 3.8) is 0 Å². The van der Waals surface area contributed by atoms with Crippen LogP contribution in [-0.2, 0) is 9.53 Å². The van der Waals surface area contributed by atoms with E-state index in [1.165, 1.54) is 5.57 Å².